The molecule has 110 valence electrons. The van der Waals surface area contributed by atoms with Gasteiger partial charge in [-0.25, -0.2) is 4.39 Å². The minimum atomic E-state index is -0.202. The Labute approximate surface area is 125 Å². The minimum Gasteiger partial charge on any atom is -0.492 e. The van der Waals surface area contributed by atoms with Crippen molar-refractivity contribution in [1.82, 2.24) is 5.32 Å². The molecule has 21 heavy (non-hydrogen) atoms. The van der Waals surface area contributed by atoms with Crippen LogP contribution in [0.4, 0.5) is 4.39 Å². The smallest absolute Gasteiger partial charge is 0.131 e. The third-order valence-electron chi connectivity index (χ3n) is 3.75. The first-order valence-electron chi connectivity index (χ1n) is 7.42. The molecule has 0 amide bonds. The molecule has 1 N–H and O–H groups in total. The first-order chi connectivity index (χ1) is 10.1. The summed E-state index contributed by atoms with van der Waals surface area (Å²) in [6.07, 6.45) is 0.902. The first kappa shape index (κ1) is 14.1. The molecular weight excluding hydrogens is 265 g/mol. The number of fused-ring (bicyclic) bond motifs is 1. The lowest BCUT2D eigenvalue weighted by atomic mass is 9.99. The highest BCUT2D eigenvalue weighted by Gasteiger charge is 2.19. The number of halogens is 1. The largest absolute Gasteiger partial charge is 0.492 e. The summed E-state index contributed by atoms with van der Waals surface area (Å²) in [5.74, 6) is 0.637. The van der Waals surface area contributed by atoms with E-state index in [0.29, 0.717) is 18.2 Å². The standard InChI is InChI=1S/C18H20FNO/c1-12(2)20-11-13-6-7-17(19)16(10-13)15-5-3-4-14-8-9-21-18(14)15/h3-7,10,12,20H,8-9,11H2,1-2H3. The maximum Gasteiger partial charge on any atom is 0.131 e. The molecule has 0 unspecified atom stereocenters. The molecule has 0 aromatic heterocycles. The Morgan fingerprint density at radius 3 is 2.86 bits per heavy atom. The molecule has 0 fully saturated rings. The van der Waals surface area contributed by atoms with Gasteiger partial charge in [0.05, 0.1) is 6.61 Å². The average Bonchev–Trinajstić information content (AvgIpc) is 2.95. The van der Waals surface area contributed by atoms with Crippen LogP contribution in [-0.4, -0.2) is 12.6 Å². The molecule has 0 atom stereocenters. The van der Waals surface area contributed by atoms with Crippen molar-refractivity contribution in [2.75, 3.05) is 6.61 Å². The predicted molar refractivity (Wildman–Crippen MR) is 83.0 cm³/mol. The van der Waals surface area contributed by atoms with Crippen LogP contribution in [-0.2, 0) is 13.0 Å². The normalized spacial score (nSPS) is 13.3. The SMILES string of the molecule is CC(C)NCc1ccc(F)c(-c2cccc3c2OCC3)c1. The molecule has 1 aliphatic rings. The van der Waals surface area contributed by atoms with Crippen LogP contribution in [0.25, 0.3) is 11.1 Å². The van der Waals surface area contributed by atoms with E-state index in [1.807, 2.05) is 30.3 Å². The zero-order valence-corrected chi connectivity index (χ0v) is 12.4. The highest BCUT2D eigenvalue weighted by atomic mass is 19.1. The van der Waals surface area contributed by atoms with Crippen LogP contribution in [0.15, 0.2) is 36.4 Å². The third-order valence-corrected chi connectivity index (χ3v) is 3.75. The van der Waals surface area contributed by atoms with E-state index >= 15 is 0 Å². The van der Waals surface area contributed by atoms with Crippen molar-refractivity contribution in [3.05, 3.63) is 53.3 Å². The van der Waals surface area contributed by atoms with Crippen LogP contribution in [0, 0.1) is 5.82 Å². The van der Waals surface area contributed by atoms with E-state index in [1.165, 1.54) is 0 Å². The molecule has 2 nitrogen and oxygen atoms in total. The third kappa shape index (κ3) is 2.93. The van der Waals surface area contributed by atoms with Crippen LogP contribution in [0.1, 0.15) is 25.0 Å². The Balaban J connectivity index is 1.98. The van der Waals surface area contributed by atoms with Gasteiger partial charge in [0, 0.05) is 30.1 Å². The first-order valence-corrected chi connectivity index (χ1v) is 7.42. The summed E-state index contributed by atoms with van der Waals surface area (Å²) in [5.41, 5.74) is 3.72. The summed E-state index contributed by atoms with van der Waals surface area (Å²) in [6, 6.07) is 11.7. The molecule has 0 saturated heterocycles. The van der Waals surface area contributed by atoms with E-state index in [-0.39, 0.29) is 5.82 Å². The molecule has 0 bridgehead atoms. The van der Waals surface area contributed by atoms with Gasteiger partial charge in [-0.1, -0.05) is 38.1 Å². The summed E-state index contributed by atoms with van der Waals surface area (Å²) in [7, 11) is 0. The second kappa shape index (κ2) is 5.86. The molecule has 0 radical (unpaired) electrons. The molecule has 1 heterocycles. The number of nitrogens with one attached hydrogen (secondary N) is 1. The van der Waals surface area contributed by atoms with Crippen LogP contribution in [0.2, 0.25) is 0 Å². The zero-order chi connectivity index (χ0) is 14.8. The van der Waals surface area contributed by atoms with Gasteiger partial charge < -0.3 is 10.1 Å². The molecule has 2 aromatic rings. The van der Waals surface area contributed by atoms with Crippen LogP contribution >= 0.6 is 0 Å². The highest BCUT2D eigenvalue weighted by molar-refractivity contribution is 5.73. The van der Waals surface area contributed by atoms with Crippen molar-refractivity contribution in [3.63, 3.8) is 0 Å². The summed E-state index contributed by atoms with van der Waals surface area (Å²) < 4.78 is 19.9. The van der Waals surface area contributed by atoms with Gasteiger partial charge >= 0.3 is 0 Å². The van der Waals surface area contributed by atoms with Crippen molar-refractivity contribution >= 4 is 0 Å². The fraction of sp³-hybridized carbons (Fsp3) is 0.333. The summed E-state index contributed by atoms with van der Waals surface area (Å²) >= 11 is 0. The number of hydrogen-bond acceptors (Lipinski definition) is 2. The topological polar surface area (TPSA) is 21.3 Å². The quantitative estimate of drug-likeness (QED) is 0.919. The van der Waals surface area contributed by atoms with Gasteiger partial charge in [-0.15, -0.1) is 0 Å². The summed E-state index contributed by atoms with van der Waals surface area (Å²) in [5, 5.41) is 3.36. The minimum absolute atomic E-state index is 0.202. The molecule has 2 aromatic carbocycles. The molecule has 0 aliphatic carbocycles. The average molecular weight is 285 g/mol. The van der Waals surface area contributed by atoms with E-state index < -0.39 is 0 Å². The molecule has 1 aliphatic heterocycles. The van der Waals surface area contributed by atoms with E-state index in [4.69, 9.17) is 4.74 Å². The van der Waals surface area contributed by atoms with Gasteiger partial charge in [-0.3, -0.25) is 0 Å². The van der Waals surface area contributed by atoms with Gasteiger partial charge in [-0.2, -0.15) is 0 Å². The fourth-order valence-corrected chi connectivity index (χ4v) is 2.64. The lowest BCUT2D eigenvalue weighted by Gasteiger charge is -2.12. The maximum absolute atomic E-state index is 14.2. The van der Waals surface area contributed by atoms with Gasteiger partial charge in [0.2, 0.25) is 0 Å². The zero-order valence-electron chi connectivity index (χ0n) is 12.4. The Morgan fingerprint density at radius 2 is 2.05 bits per heavy atom. The summed E-state index contributed by atoms with van der Waals surface area (Å²) in [4.78, 5) is 0. The van der Waals surface area contributed by atoms with E-state index in [2.05, 4.69) is 19.2 Å². The second-order valence-corrected chi connectivity index (χ2v) is 5.74. The van der Waals surface area contributed by atoms with Crippen molar-refractivity contribution < 1.29 is 9.13 Å². The predicted octanol–water partition coefficient (Wildman–Crippen LogP) is 3.93. The number of ether oxygens (including phenoxy) is 1. The molecule has 0 spiro atoms. The summed E-state index contributed by atoms with van der Waals surface area (Å²) in [6.45, 7) is 5.62. The number of hydrogen-bond donors (Lipinski definition) is 1. The Morgan fingerprint density at radius 1 is 1.19 bits per heavy atom. The van der Waals surface area contributed by atoms with Gasteiger partial charge in [0.1, 0.15) is 11.6 Å². The van der Waals surface area contributed by atoms with E-state index in [9.17, 15) is 4.39 Å². The molecule has 3 heteroatoms. The molecule has 3 rings (SSSR count). The number of rotatable bonds is 4. The second-order valence-electron chi connectivity index (χ2n) is 5.74. The van der Waals surface area contributed by atoms with Crippen molar-refractivity contribution in [2.24, 2.45) is 0 Å². The van der Waals surface area contributed by atoms with Gasteiger partial charge in [0.15, 0.2) is 0 Å². The maximum atomic E-state index is 14.2. The van der Waals surface area contributed by atoms with Crippen molar-refractivity contribution in [2.45, 2.75) is 32.9 Å². The van der Waals surface area contributed by atoms with E-state index in [0.717, 1.165) is 35.4 Å². The van der Waals surface area contributed by atoms with Gasteiger partial charge in [-0.05, 0) is 23.3 Å². The van der Waals surface area contributed by atoms with Crippen molar-refractivity contribution in [1.29, 1.82) is 0 Å². The molecular formula is C18H20FNO. The lowest BCUT2D eigenvalue weighted by molar-refractivity contribution is 0.358. The van der Waals surface area contributed by atoms with Crippen molar-refractivity contribution in [3.8, 4) is 16.9 Å². The van der Waals surface area contributed by atoms with Crippen LogP contribution in [0.3, 0.4) is 0 Å². The fourth-order valence-electron chi connectivity index (χ4n) is 2.64. The number of para-hydroxylation sites is 1. The lowest BCUT2D eigenvalue weighted by Crippen LogP contribution is -2.21. The molecule has 0 saturated carbocycles. The van der Waals surface area contributed by atoms with Crippen LogP contribution in [0.5, 0.6) is 5.75 Å². The van der Waals surface area contributed by atoms with Gasteiger partial charge in [0.25, 0.3) is 0 Å². The Hall–Kier alpha value is -1.87. The number of benzene rings is 2. The van der Waals surface area contributed by atoms with Crippen LogP contribution < -0.4 is 10.1 Å². The van der Waals surface area contributed by atoms with E-state index in [1.54, 1.807) is 6.07 Å². The monoisotopic (exact) mass is 285 g/mol. The highest BCUT2D eigenvalue weighted by Crippen LogP contribution is 2.38. The Kier molecular flexibility index (Phi) is 3.93. The Bertz CT molecular complexity index is 652.